The summed E-state index contributed by atoms with van der Waals surface area (Å²) in [6.45, 7) is 1.87. The van der Waals surface area contributed by atoms with Gasteiger partial charge in [0.2, 0.25) is 0 Å². The fraction of sp³-hybridized carbons (Fsp3) is 0.0769. The Labute approximate surface area is 110 Å². The van der Waals surface area contributed by atoms with Gasteiger partial charge in [-0.25, -0.2) is 0 Å². The molecule has 0 fully saturated rings. The number of nitrogen functional groups attached to an aromatic ring is 1. The van der Waals surface area contributed by atoms with Gasteiger partial charge in [-0.05, 0) is 30.7 Å². The molecule has 0 spiro atoms. The molecule has 0 unspecified atom stereocenters. The molecule has 2 aromatic rings. The van der Waals surface area contributed by atoms with Crippen LogP contribution in [0.1, 0.15) is 11.1 Å². The van der Waals surface area contributed by atoms with E-state index in [4.69, 9.17) is 27.5 Å². The Morgan fingerprint density at radius 1 is 1.28 bits per heavy atom. The lowest BCUT2D eigenvalue weighted by molar-refractivity contribution is 0.480. The lowest BCUT2D eigenvalue weighted by Crippen LogP contribution is -2.12. The minimum absolute atomic E-state index is 0.0449. The minimum Gasteiger partial charge on any atom is -0.456 e. The first-order chi connectivity index (χ1) is 8.56. The first-order valence-corrected chi connectivity index (χ1v) is 5.67. The van der Waals surface area contributed by atoms with E-state index in [1.165, 1.54) is 0 Å². The molecule has 0 bridgehead atoms. The molecule has 0 radical (unpaired) electrons. The number of amidine groups is 1. The van der Waals surface area contributed by atoms with Gasteiger partial charge in [0.05, 0.1) is 11.2 Å². The smallest absolute Gasteiger partial charge is 0.147 e. The molecule has 0 saturated carbocycles. The third-order valence-electron chi connectivity index (χ3n) is 2.40. The summed E-state index contributed by atoms with van der Waals surface area (Å²) in [5.41, 5.74) is 7.04. The van der Waals surface area contributed by atoms with Gasteiger partial charge in [-0.2, -0.15) is 0 Å². The number of nitrogens with one attached hydrogen (secondary N) is 1. The maximum atomic E-state index is 7.41. The number of aryl methyl sites for hydroxylation is 1. The number of aromatic nitrogens is 1. The largest absolute Gasteiger partial charge is 0.456 e. The zero-order valence-corrected chi connectivity index (χ0v) is 10.5. The fourth-order valence-corrected chi connectivity index (χ4v) is 1.75. The topological polar surface area (TPSA) is 72.0 Å². The molecule has 0 aliphatic rings. The van der Waals surface area contributed by atoms with E-state index >= 15 is 0 Å². The summed E-state index contributed by atoms with van der Waals surface area (Å²) in [7, 11) is 0. The van der Waals surface area contributed by atoms with E-state index in [2.05, 4.69) is 4.98 Å². The molecule has 0 saturated heterocycles. The maximum absolute atomic E-state index is 7.41. The highest BCUT2D eigenvalue weighted by Crippen LogP contribution is 2.24. The molecule has 18 heavy (non-hydrogen) atoms. The second kappa shape index (κ2) is 5.06. The molecule has 4 nitrogen and oxygen atoms in total. The van der Waals surface area contributed by atoms with Crippen molar-refractivity contribution in [2.75, 3.05) is 0 Å². The first-order valence-electron chi connectivity index (χ1n) is 5.30. The van der Waals surface area contributed by atoms with Crippen LogP contribution in [-0.2, 0) is 0 Å². The van der Waals surface area contributed by atoms with Gasteiger partial charge in [0.1, 0.15) is 17.3 Å². The molecular weight excluding hydrogens is 250 g/mol. The zero-order chi connectivity index (χ0) is 13.1. The van der Waals surface area contributed by atoms with E-state index in [1.54, 1.807) is 30.6 Å². The lowest BCUT2D eigenvalue weighted by atomic mass is 10.1. The summed E-state index contributed by atoms with van der Waals surface area (Å²) >= 11 is 5.82. The van der Waals surface area contributed by atoms with Crippen molar-refractivity contribution < 1.29 is 4.74 Å². The molecule has 5 heteroatoms. The number of ether oxygens (including phenoxy) is 1. The molecular formula is C13H12ClN3O. The number of hydrogen-bond acceptors (Lipinski definition) is 3. The van der Waals surface area contributed by atoms with Gasteiger partial charge >= 0.3 is 0 Å². The van der Waals surface area contributed by atoms with Gasteiger partial charge in [-0.1, -0.05) is 11.6 Å². The second-order valence-corrected chi connectivity index (χ2v) is 4.27. The van der Waals surface area contributed by atoms with Crippen LogP contribution < -0.4 is 10.5 Å². The summed E-state index contributed by atoms with van der Waals surface area (Å²) in [5.74, 6) is 1.27. The summed E-state index contributed by atoms with van der Waals surface area (Å²) in [5, 5.41) is 7.92. The molecule has 92 valence electrons. The van der Waals surface area contributed by atoms with Crippen LogP contribution >= 0.6 is 11.6 Å². The van der Waals surface area contributed by atoms with Crippen LogP contribution in [0.15, 0.2) is 36.7 Å². The molecule has 1 aromatic heterocycles. The van der Waals surface area contributed by atoms with E-state index < -0.39 is 0 Å². The molecule has 0 aliphatic carbocycles. The van der Waals surface area contributed by atoms with E-state index in [0.29, 0.717) is 22.1 Å². The highest BCUT2D eigenvalue weighted by atomic mass is 35.5. The lowest BCUT2D eigenvalue weighted by Gasteiger charge is -2.09. The standard InChI is InChI=1S/C13H12ClN3O/c1-8-4-10(2-3-12(8)13(15)16)18-11-5-9(14)6-17-7-11/h2-7H,1H3,(H3,15,16). The van der Waals surface area contributed by atoms with Crippen molar-refractivity contribution in [1.29, 1.82) is 5.41 Å². The van der Waals surface area contributed by atoms with Crippen molar-refractivity contribution in [3.05, 3.63) is 52.8 Å². The average molecular weight is 262 g/mol. The van der Waals surface area contributed by atoms with E-state index in [9.17, 15) is 0 Å². The van der Waals surface area contributed by atoms with Gasteiger partial charge in [-0.15, -0.1) is 0 Å². The third kappa shape index (κ3) is 2.78. The molecule has 0 amide bonds. The number of pyridine rings is 1. The number of rotatable bonds is 3. The molecule has 0 atom stereocenters. The summed E-state index contributed by atoms with van der Waals surface area (Å²) in [4.78, 5) is 3.94. The normalized spacial score (nSPS) is 10.1. The van der Waals surface area contributed by atoms with E-state index in [-0.39, 0.29) is 5.84 Å². The van der Waals surface area contributed by atoms with Crippen LogP contribution in [-0.4, -0.2) is 10.8 Å². The number of nitrogens with two attached hydrogens (primary N) is 1. The highest BCUT2D eigenvalue weighted by Gasteiger charge is 2.04. The SMILES string of the molecule is Cc1cc(Oc2cncc(Cl)c2)ccc1C(=N)N. The first kappa shape index (κ1) is 12.4. The quantitative estimate of drug-likeness (QED) is 0.659. The van der Waals surface area contributed by atoms with Crippen molar-refractivity contribution in [2.24, 2.45) is 5.73 Å². The van der Waals surface area contributed by atoms with Crippen LogP contribution in [0.5, 0.6) is 11.5 Å². The third-order valence-corrected chi connectivity index (χ3v) is 2.61. The van der Waals surface area contributed by atoms with Crippen molar-refractivity contribution in [1.82, 2.24) is 4.98 Å². The van der Waals surface area contributed by atoms with E-state index in [1.807, 2.05) is 13.0 Å². The number of halogens is 1. The monoisotopic (exact) mass is 261 g/mol. The number of benzene rings is 1. The molecule has 2 rings (SSSR count). The Bertz CT molecular complexity index is 599. The van der Waals surface area contributed by atoms with Crippen LogP contribution in [0.25, 0.3) is 0 Å². The van der Waals surface area contributed by atoms with Crippen molar-refractivity contribution in [2.45, 2.75) is 6.92 Å². The van der Waals surface area contributed by atoms with Gasteiger partial charge in [0.25, 0.3) is 0 Å². The Kier molecular flexibility index (Phi) is 3.48. The Balaban J connectivity index is 2.25. The Morgan fingerprint density at radius 3 is 2.67 bits per heavy atom. The number of hydrogen-bond donors (Lipinski definition) is 2. The molecule has 3 N–H and O–H groups in total. The maximum Gasteiger partial charge on any atom is 0.147 e. The van der Waals surface area contributed by atoms with Crippen LogP contribution in [0, 0.1) is 12.3 Å². The van der Waals surface area contributed by atoms with Crippen LogP contribution in [0.2, 0.25) is 5.02 Å². The van der Waals surface area contributed by atoms with Gasteiger partial charge in [0, 0.05) is 17.8 Å². The van der Waals surface area contributed by atoms with Gasteiger partial charge in [-0.3, -0.25) is 10.4 Å². The minimum atomic E-state index is 0.0449. The van der Waals surface area contributed by atoms with Crippen LogP contribution in [0.4, 0.5) is 0 Å². The highest BCUT2D eigenvalue weighted by molar-refractivity contribution is 6.30. The fourth-order valence-electron chi connectivity index (χ4n) is 1.59. The van der Waals surface area contributed by atoms with Crippen LogP contribution in [0.3, 0.4) is 0 Å². The average Bonchev–Trinajstić information content (AvgIpc) is 2.28. The zero-order valence-electron chi connectivity index (χ0n) is 9.77. The Morgan fingerprint density at radius 2 is 2.06 bits per heavy atom. The summed E-state index contributed by atoms with van der Waals surface area (Å²) < 4.78 is 5.62. The van der Waals surface area contributed by atoms with Crippen molar-refractivity contribution in [3.8, 4) is 11.5 Å². The van der Waals surface area contributed by atoms with E-state index in [0.717, 1.165) is 5.56 Å². The molecule has 0 aliphatic heterocycles. The summed E-state index contributed by atoms with van der Waals surface area (Å²) in [6.07, 6.45) is 3.12. The summed E-state index contributed by atoms with van der Waals surface area (Å²) in [6, 6.07) is 7.01. The van der Waals surface area contributed by atoms with Gasteiger partial charge < -0.3 is 10.5 Å². The van der Waals surface area contributed by atoms with Gasteiger partial charge in [0.15, 0.2) is 0 Å². The molecule has 1 heterocycles. The predicted octanol–water partition coefficient (Wildman–Crippen LogP) is 3.12. The molecule has 1 aromatic carbocycles. The Hall–Kier alpha value is -2.07. The second-order valence-electron chi connectivity index (χ2n) is 3.83. The predicted molar refractivity (Wildman–Crippen MR) is 71.5 cm³/mol. The number of nitrogens with zero attached hydrogens (tertiary/aromatic N) is 1. The van der Waals surface area contributed by atoms with Crippen molar-refractivity contribution in [3.63, 3.8) is 0 Å². The van der Waals surface area contributed by atoms with Crippen molar-refractivity contribution >= 4 is 17.4 Å².